The number of ketones is 1. The van der Waals surface area contributed by atoms with Gasteiger partial charge < -0.3 is 9.80 Å². The van der Waals surface area contributed by atoms with E-state index in [4.69, 9.17) is 0 Å². The van der Waals surface area contributed by atoms with Gasteiger partial charge in [0, 0.05) is 29.2 Å². The maximum Gasteiger partial charge on any atom is 0.312 e. The van der Waals surface area contributed by atoms with Crippen molar-refractivity contribution in [3.8, 4) is 0 Å². The summed E-state index contributed by atoms with van der Waals surface area (Å²) >= 11 is 3.31. The van der Waals surface area contributed by atoms with Gasteiger partial charge >= 0.3 is 11.8 Å². The molecule has 0 aliphatic carbocycles. The molecule has 21 heavy (non-hydrogen) atoms. The summed E-state index contributed by atoms with van der Waals surface area (Å²) in [6, 6.07) is 6.99. The Morgan fingerprint density at radius 1 is 1.24 bits per heavy atom. The van der Waals surface area contributed by atoms with Gasteiger partial charge in [0.2, 0.25) is 0 Å². The molecule has 6 heteroatoms. The molecule has 1 heterocycles. The molecule has 2 rings (SSSR count). The minimum Gasteiger partial charge on any atom is -0.330 e. The first-order valence-corrected chi connectivity index (χ1v) is 7.58. The molecular weight excluding hydrogens is 336 g/mol. The van der Waals surface area contributed by atoms with Gasteiger partial charge in [-0.05, 0) is 26.0 Å². The fourth-order valence-corrected chi connectivity index (χ4v) is 2.66. The largest absolute Gasteiger partial charge is 0.330 e. The van der Waals surface area contributed by atoms with Crippen LogP contribution in [0.25, 0.3) is 0 Å². The van der Waals surface area contributed by atoms with Crippen LogP contribution in [0.15, 0.2) is 28.7 Å². The first-order valence-electron chi connectivity index (χ1n) is 6.79. The van der Waals surface area contributed by atoms with Crippen LogP contribution < -0.4 is 0 Å². The van der Waals surface area contributed by atoms with E-state index in [1.165, 1.54) is 9.80 Å². The normalized spacial score (nSPS) is 15.8. The van der Waals surface area contributed by atoms with E-state index in [0.29, 0.717) is 18.7 Å². The average molecular weight is 353 g/mol. The number of hydrogen-bond donors (Lipinski definition) is 0. The summed E-state index contributed by atoms with van der Waals surface area (Å²) in [6.45, 7) is 4.53. The van der Waals surface area contributed by atoms with E-state index < -0.39 is 11.8 Å². The third-order valence-electron chi connectivity index (χ3n) is 3.45. The van der Waals surface area contributed by atoms with Crippen molar-refractivity contribution in [1.82, 2.24) is 9.80 Å². The Bertz CT molecular complexity index is 586. The number of piperazine rings is 1. The molecule has 0 unspecified atom stereocenters. The molecule has 0 N–H and O–H groups in total. The SMILES string of the molecule is CC(C)N1CCN(CC(=O)c2cccc(Br)c2)C(=O)C1=O. The second kappa shape index (κ2) is 6.39. The maximum atomic E-state index is 12.2. The van der Waals surface area contributed by atoms with Crippen molar-refractivity contribution in [3.63, 3.8) is 0 Å². The molecule has 2 amide bonds. The Morgan fingerprint density at radius 2 is 1.95 bits per heavy atom. The Hall–Kier alpha value is -1.69. The molecule has 1 fully saturated rings. The Kier molecular flexibility index (Phi) is 4.77. The summed E-state index contributed by atoms with van der Waals surface area (Å²) in [6.07, 6.45) is 0. The highest BCUT2D eigenvalue weighted by molar-refractivity contribution is 9.10. The van der Waals surface area contributed by atoms with Gasteiger partial charge in [0.05, 0.1) is 6.54 Å². The van der Waals surface area contributed by atoms with E-state index in [-0.39, 0.29) is 18.4 Å². The number of carbonyl (C=O) groups is 3. The van der Waals surface area contributed by atoms with Gasteiger partial charge in [0.1, 0.15) is 0 Å². The number of nitrogens with zero attached hydrogens (tertiary/aromatic N) is 2. The molecule has 0 radical (unpaired) electrons. The highest BCUT2D eigenvalue weighted by Crippen LogP contribution is 2.14. The lowest BCUT2D eigenvalue weighted by molar-refractivity contribution is -0.156. The first-order chi connectivity index (χ1) is 9.90. The van der Waals surface area contributed by atoms with Gasteiger partial charge in [-0.25, -0.2) is 0 Å². The van der Waals surface area contributed by atoms with Crippen LogP contribution in [0.4, 0.5) is 0 Å². The van der Waals surface area contributed by atoms with Crippen LogP contribution in [0.1, 0.15) is 24.2 Å². The quantitative estimate of drug-likeness (QED) is 0.612. The molecular formula is C15H17BrN2O3. The first kappa shape index (κ1) is 15.7. The van der Waals surface area contributed by atoms with E-state index in [0.717, 1.165) is 4.47 Å². The molecule has 0 atom stereocenters. The van der Waals surface area contributed by atoms with Crippen molar-refractivity contribution in [2.24, 2.45) is 0 Å². The highest BCUT2D eigenvalue weighted by Gasteiger charge is 2.34. The molecule has 1 aliphatic heterocycles. The molecule has 112 valence electrons. The zero-order valence-electron chi connectivity index (χ0n) is 12.0. The summed E-state index contributed by atoms with van der Waals surface area (Å²) in [4.78, 5) is 39.1. The van der Waals surface area contributed by atoms with E-state index in [2.05, 4.69) is 15.9 Å². The van der Waals surface area contributed by atoms with Crippen molar-refractivity contribution in [3.05, 3.63) is 34.3 Å². The molecule has 1 aromatic carbocycles. The lowest BCUT2D eigenvalue weighted by Crippen LogP contribution is -2.57. The van der Waals surface area contributed by atoms with Crippen LogP contribution in [0.5, 0.6) is 0 Å². The second-order valence-electron chi connectivity index (χ2n) is 5.25. The van der Waals surface area contributed by atoms with Crippen molar-refractivity contribution < 1.29 is 14.4 Å². The zero-order chi connectivity index (χ0) is 15.6. The van der Waals surface area contributed by atoms with Crippen molar-refractivity contribution in [2.75, 3.05) is 19.6 Å². The zero-order valence-corrected chi connectivity index (χ0v) is 13.6. The topological polar surface area (TPSA) is 57.7 Å². The van der Waals surface area contributed by atoms with E-state index in [1.807, 2.05) is 19.9 Å². The van der Waals surface area contributed by atoms with Crippen LogP contribution in [-0.2, 0) is 9.59 Å². The minimum absolute atomic E-state index is 0.00983. The molecule has 1 saturated heterocycles. The summed E-state index contributed by atoms with van der Waals surface area (Å²) in [5, 5.41) is 0. The Balaban J connectivity index is 2.06. The lowest BCUT2D eigenvalue weighted by atomic mass is 10.1. The van der Waals surface area contributed by atoms with Crippen LogP contribution >= 0.6 is 15.9 Å². The van der Waals surface area contributed by atoms with Crippen LogP contribution in [-0.4, -0.2) is 53.1 Å². The lowest BCUT2D eigenvalue weighted by Gasteiger charge is -2.35. The Morgan fingerprint density at radius 3 is 2.57 bits per heavy atom. The number of carbonyl (C=O) groups excluding carboxylic acids is 3. The highest BCUT2D eigenvalue weighted by atomic mass is 79.9. The number of benzene rings is 1. The number of halogens is 1. The molecule has 0 spiro atoms. The fraction of sp³-hybridized carbons (Fsp3) is 0.400. The number of hydrogen-bond acceptors (Lipinski definition) is 3. The maximum absolute atomic E-state index is 12.2. The average Bonchev–Trinajstić information content (AvgIpc) is 2.43. The number of rotatable bonds is 4. The van der Waals surface area contributed by atoms with Gasteiger partial charge in [-0.3, -0.25) is 14.4 Å². The monoisotopic (exact) mass is 352 g/mol. The molecule has 5 nitrogen and oxygen atoms in total. The van der Waals surface area contributed by atoms with Gasteiger partial charge in [-0.15, -0.1) is 0 Å². The number of amides is 2. The van der Waals surface area contributed by atoms with Crippen LogP contribution in [0.2, 0.25) is 0 Å². The van der Waals surface area contributed by atoms with E-state index in [1.54, 1.807) is 18.2 Å². The Labute approximate surface area is 132 Å². The molecule has 0 aromatic heterocycles. The third-order valence-corrected chi connectivity index (χ3v) is 3.94. The predicted octanol–water partition coefficient (Wildman–Crippen LogP) is 1.71. The van der Waals surface area contributed by atoms with Crippen molar-refractivity contribution in [1.29, 1.82) is 0 Å². The smallest absolute Gasteiger partial charge is 0.312 e. The molecule has 1 aromatic rings. The molecule has 1 aliphatic rings. The second-order valence-corrected chi connectivity index (χ2v) is 6.17. The van der Waals surface area contributed by atoms with E-state index >= 15 is 0 Å². The van der Waals surface area contributed by atoms with Crippen LogP contribution in [0, 0.1) is 0 Å². The van der Waals surface area contributed by atoms with Gasteiger partial charge in [-0.2, -0.15) is 0 Å². The molecule has 0 saturated carbocycles. The fourth-order valence-electron chi connectivity index (χ4n) is 2.26. The standard InChI is InChI=1S/C15H17BrN2O3/c1-10(2)18-7-6-17(14(20)15(18)21)9-13(19)11-4-3-5-12(16)8-11/h3-5,8,10H,6-7,9H2,1-2H3. The summed E-state index contributed by atoms with van der Waals surface area (Å²) in [7, 11) is 0. The minimum atomic E-state index is -0.599. The third kappa shape index (κ3) is 3.50. The molecule has 0 bridgehead atoms. The predicted molar refractivity (Wildman–Crippen MR) is 81.9 cm³/mol. The van der Waals surface area contributed by atoms with E-state index in [9.17, 15) is 14.4 Å². The number of Topliss-reactive ketones (excluding diaryl/α,β-unsaturated/α-hetero) is 1. The van der Waals surface area contributed by atoms with Crippen molar-refractivity contribution in [2.45, 2.75) is 19.9 Å². The van der Waals surface area contributed by atoms with Crippen LogP contribution in [0.3, 0.4) is 0 Å². The summed E-state index contributed by atoms with van der Waals surface area (Å²) < 4.78 is 0.806. The van der Waals surface area contributed by atoms with Gasteiger partial charge in [-0.1, -0.05) is 28.1 Å². The van der Waals surface area contributed by atoms with Gasteiger partial charge in [0.25, 0.3) is 0 Å². The summed E-state index contributed by atoms with van der Waals surface area (Å²) in [5.41, 5.74) is 0.524. The summed E-state index contributed by atoms with van der Waals surface area (Å²) in [5.74, 6) is -1.30. The van der Waals surface area contributed by atoms with Crippen molar-refractivity contribution >= 4 is 33.5 Å². The van der Waals surface area contributed by atoms with Gasteiger partial charge in [0.15, 0.2) is 5.78 Å².